The van der Waals surface area contributed by atoms with E-state index in [-0.39, 0.29) is 24.2 Å². The van der Waals surface area contributed by atoms with Gasteiger partial charge in [-0.2, -0.15) is 13.2 Å². The summed E-state index contributed by atoms with van der Waals surface area (Å²) in [6, 6.07) is 12.7. The normalized spacial score (nSPS) is 15.5. The number of likely N-dealkylation sites (N-methyl/N-ethyl adjacent to an activating group) is 1. The number of carbonyl (C=O) groups is 1. The van der Waals surface area contributed by atoms with Crippen molar-refractivity contribution in [2.45, 2.75) is 25.2 Å². The molecule has 0 aliphatic carbocycles. The van der Waals surface area contributed by atoms with E-state index in [1.807, 2.05) is 24.3 Å². The van der Waals surface area contributed by atoms with E-state index in [0.29, 0.717) is 12.1 Å². The molecule has 30 heavy (non-hydrogen) atoms. The number of ether oxygens (including phenoxy) is 1. The lowest BCUT2D eigenvalue weighted by Crippen LogP contribution is -2.36. The predicted octanol–water partition coefficient (Wildman–Crippen LogP) is 3.42. The lowest BCUT2D eigenvalue weighted by atomic mass is 10.1. The van der Waals surface area contributed by atoms with Gasteiger partial charge in [-0.3, -0.25) is 4.79 Å². The number of halogens is 3. The van der Waals surface area contributed by atoms with Gasteiger partial charge in [-0.1, -0.05) is 35.5 Å². The van der Waals surface area contributed by atoms with Crippen LogP contribution in [-0.4, -0.2) is 45.5 Å². The van der Waals surface area contributed by atoms with Crippen LogP contribution in [0, 0.1) is 0 Å². The maximum Gasteiger partial charge on any atom is 0.416 e. The van der Waals surface area contributed by atoms with Gasteiger partial charge in [0.15, 0.2) is 5.69 Å². The van der Waals surface area contributed by atoms with E-state index in [2.05, 4.69) is 10.3 Å². The quantitative estimate of drug-likeness (QED) is 0.640. The molecule has 3 aromatic rings. The van der Waals surface area contributed by atoms with Crippen molar-refractivity contribution in [3.05, 3.63) is 77.1 Å². The zero-order chi connectivity index (χ0) is 21.3. The minimum atomic E-state index is -4.41. The van der Waals surface area contributed by atoms with Crippen LogP contribution in [0.5, 0.6) is 5.75 Å². The summed E-state index contributed by atoms with van der Waals surface area (Å²) in [7, 11) is 1.65. The van der Waals surface area contributed by atoms with Gasteiger partial charge in [-0.25, -0.2) is 4.68 Å². The highest BCUT2D eigenvalue weighted by atomic mass is 19.4. The molecule has 2 aromatic carbocycles. The van der Waals surface area contributed by atoms with Crippen LogP contribution in [0.15, 0.2) is 54.7 Å². The molecule has 0 saturated heterocycles. The van der Waals surface area contributed by atoms with Gasteiger partial charge in [-0.05, 0) is 29.3 Å². The van der Waals surface area contributed by atoms with Crippen LogP contribution in [-0.2, 0) is 19.1 Å². The molecular formula is C21H19F3N4O2. The second kappa shape index (κ2) is 7.81. The Morgan fingerprint density at radius 3 is 2.80 bits per heavy atom. The number of para-hydroxylation sites is 1. The number of carbonyl (C=O) groups excluding carboxylic acids is 1. The summed E-state index contributed by atoms with van der Waals surface area (Å²) < 4.78 is 45.8. The molecule has 1 atom stereocenters. The highest BCUT2D eigenvalue weighted by Crippen LogP contribution is 2.30. The zero-order valence-corrected chi connectivity index (χ0v) is 16.1. The van der Waals surface area contributed by atoms with Crippen LogP contribution < -0.4 is 4.74 Å². The van der Waals surface area contributed by atoms with Crippen molar-refractivity contribution in [2.24, 2.45) is 0 Å². The second-order valence-electron chi connectivity index (χ2n) is 7.24. The van der Waals surface area contributed by atoms with Crippen LogP contribution in [0.2, 0.25) is 0 Å². The fraction of sp³-hybridized carbons (Fsp3) is 0.286. The molecule has 0 fully saturated rings. The Morgan fingerprint density at radius 1 is 1.23 bits per heavy atom. The smallest absolute Gasteiger partial charge is 0.416 e. The van der Waals surface area contributed by atoms with Crippen molar-refractivity contribution in [2.75, 3.05) is 13.6 Å². The summed E-state index contributed by atoms with van der Waals surface area (Å²) in [4.78, 5) is 14.2. The van der Waals surface area contributed by atoms with Gasteiger partial charge in [0, 0.05) is 13.5 Å². The summed E-state index contributed by atoms with van der Waals surface area (Å²) in [6.45, 7) is 0.461. The SMILES string of the molecule is CN(C[C@H]1Cc2ccccc2O1)C(=O)c1cn(Cc2cccc(C(F)(F)F)c2)nn1. The maximum atomic E-state index is 12.9. The standard InChI is InChI=1S/C21H19F3N4O2/c1-27(12-17-10-15-6-2-3-8-19(15)30-17)20(29)18-13-28(26-25-18)11-14-5-4-7-16(9-14)21(22,23)24/h2-9,13,17H,10-12H2,1H3/t17-/m1/s1. The number of rotatable bonds is 5. The number of hydrogen-bond donors (Lipinski definition) is 0. The second-order valence-corrected chi connectivity index (χ2v) is 7.24. The minimum absolute atomic E-state index is 0.0783. The molecule has 6 nitrogen and oxygen atoms in total. The molecule has 156 valence electrons. The molecule has 1 aliphatic rings. The van der Waals surface area contributed by atoms with E-state index in [1.165, 1.54) is 21.8 Å². The molecule has 0 bridgehead atoms. The number of fused-ring (bicyclic) bond motifs is 1. The van der Waals surface area contributed by atoms with E-state index < -0.39 is 11.7 Å². The molecule has 0 N–H and O–H groups in total. The molecule has 1 amide bonds. The molecule has 0 saturated carbocycles. The Labute approximate surface area is 170 Å². The van der Waals surface area contributed by atoms with Crippen LogP contribution in [0.4, 0.5) is 13.2 Å². The van der Waals surface area contributed by atoms with Crippen molar-refractivity contribution < 1.29 is 22.7 Å². The van der Waals surface area contributed by atoms with Crippen molar-refractivity contribution in [1.29, 1.82) is 0 Å². The first-order valence-electron chi connectivity index (χ1n) is 9.36. The Balaban J connectivity index is 1.38. The van der Waals surface area contributed by atoms with Gasteiger partial charge in [0.05, 0.1) is 24.8 Å². The van der Waals surface area contributed by atoms with Gasteiger partial charge in [0.2, 0.25) is 0 Å². The van der Waals surface area contributed by atoms with E-state index in [0.717, 1.165) is 29.9 Å². The molecule has 0 radical (unpaired) electrons. The molecule has 1 aromatic heterocycles. The molecule has 0 spiro atoms. The summed E-state index contributed by atoms with van der Waals surface area (Å²) >= 11 is 0. The summed E-state index contributed by atoms with van der Waals surface area (Å²) in [5.41, 5.74) is 0.920. The summed E-state index contributed by atoms with van der Waals surface area (Å²) in [5.74, 6) is 0.500. The van der Waals surface area contributed by atoms with Gasteiger partial charge < -0.3 is 9.64 Å². The highest BCUT2D eigenvalue weighted by molar-refractivity contribution is 5.91. The zero-order valence-electron chi connectivity index (χ0n) is 16.1. The number of amides is 1. The lowest BCUT2D eigenvalue weighted by Gasteiger charge is -2.20. The lowest BCUT2D eigenvalue weighted by molar-refractivity contribution is -0.137. The van der Waals surface area contributed by atoms with Gasteiger partial charge in [-0.15, -0.1) is 5.10 Å². The van der Waals surface area contributed by atoms with Crippen LogP contribution in [0.1, 0.15) is 27.2 Å². The Morgan fingerprint density at radius 2 is 2.03 bits per heavy atom. The maximum absolute atomic E-state index is 12.9. The van der Waals surface area contributed by atoms with Gasteiger partial charge in [0.25, 0.3) is 5.91 Å². The van der Waals surface area contributed by atoms with Gasteiger partial charge in [0.1, 0.15) is 11.9 Å². The van der Waals surface area contributed by atoms with E-state index >= 15 is 0 Å². The van der Waals surface area contributed by atoms with Gasteiger partial charge >= 0.3 is 6.18 Å². The minimum Gasteiger partial charge on any atom is -0.488 e. The van der Waals surface area contributed by atoms with Crippen LogP contribution >= 0.6 is 0 Å². The van der Waals surface area contributed by atoms with Crippen molar-refractivity contribution in [3.63, 3.8) is 0 Å². The number of alkyl halides is 3. The van der Waals surface area contributed by atoms with Crippen molar-refractivity contribution in [3.8, 4) is 5.75 Å². The van der Waals surface area contributed by atoms with Crippen molar-refractivity contribution >= 4 is 5.91 Å². The first-order chi connectivity index (χ1) is 14.3. The van der Waals surface area contributed by atoms with E-state index in [1.54, 1.807) is 13.1 Å². The Hall–Kier alpha value is -3.36. The number of benzene rings is 2. The van der Waals surface area contributed by atoms with Crippen molar-refractivity contribution in [1.82, 2.24) is 19.9 Å². The average Bonchev–Trinajstić information content (AvgIpc) is 3.33. The van der Waals surface area contributed by atoms with E-state index in [4.69, 9.17) is 4.74 Å². The average molecular weight is 416 g/mol. The molecular weight excluding hydrogens is 397 g/mol. The predicted molar refractivity (Wildman–Crippen MR) is 102 cm³/mol. The highest BCUT2D eigenvalue weighted by Gasteiger charge is 2.30. The Kier molecular flexibility index (Phi) is 5.19. The Bertz CT molecular complexity index is 1040. The number of aromatic nitrogens is 3. The van der Waals surface area contributed by atoms with Crippen LogP contribution in [0.25, 0.3) is 0 Å². The van der Waals surface area contributed by atoms with Crippen LogP contribution in [0.3, 0.4) is 0 Å². The third kappa shape index (κ3) is 4.29. The third-order valence-corrected chi connectivity index (χ3v) is 4.89. The van der Waals surface area contributed by atoms with E-state index in [9.17, 15) is 18.0 Å². The first kappa shape index (κ1) is 19.9. The first-order valence-corrected chi connectivity index (χ1v) is 9.36. The summed E-state index contributed by atoms with van der Waals surface area (Å²) in [6.07, 6.45) is -2.40. The molecule has 4 rings (SSSR count). The molecule has 1 aliphatic heterocycles. The number of hydrogen-bond acceptors (Lipinski definition) is 4. The fourth-order valence-corrected chi connectivity index (χ4v) is 3.45. The number of nitrogens with zero attached hydrogens (tertiary/aromatic N) is 4. The monoisotopic (exact) mass is 416 g/mol. The largest absolute Gasteiger partial charge is 0.488 e. The molecule has 0 unspecified atom stereocenters. The summed E-state index contributed by atoms with van der Waals surface area (Å²) in [5, 5.41) is 7.75. The molecule has 2 heterocycles. The third-order valence-electron chi connectivity index (χ3n) is 4.89. The molecule has 9 heteroatoms. The topological polar surface area (TPSA) is 60.2 Å². The fourth-order valence-electron chi connectivity index (χ4n) is 3.45.